The van der Waals surface area contributed by atoms with Crippen LogP contribution in [0, 0.1) is 11.3 Å². The molecule has 5 nitrogen and oxygen atoms in total. The summed E-state index contributed by atoms with van der Waals surface area (Å²) < 4.78 is 2.35. The zero-order valence-corrected chi connectivity index (χ0v) is 19.2. The maximum Gasteiger partial charge on any atom is 0.0991 e. The Bertz CT molecular complexity index is 1240. The third kappa shape index (κ3) is 4.33. The fraction of sp³-hybridized carbons (Fsp3) is 0.308. The molecule has 32 heavy (non-hydrogen) atoms. The first-order valence-electron chi connectivity index (χ1n) is 11.1. The van der Waals surface area contributed by atoms with Crippen LogP contribution in [0.1, 0.15) is 12.0 Å². The van der Waals surface area contributed by atoms with Gasteiger partial charge in [0, 0.05) is 78.9 Å². The molecule has 1 saturated heterocycles. The third-order valence-corrected chi connectivity index (χ3v) is 7.07. The van der Waals surface area contributed by atoms with E-state index in [2.05, 4.69) is 67.6 Å². The van der Waals surface area contributed by atoms with Gasteiger partial charge >= 0.3 is 0 Å². The zero-order chi connectivity index (χ0) is 21.9. The summed E-state index contributed by atoms with van der Waals surface area (Å²) in [7, 11) is 2.20. The monoisotopic (exact) mass is 441 g/mol. The second kappa shape index (κ2) is 9.25. The molecule has 5 rings (SSSR count). The average Bonchev–Trinajstić information content (AvgIpc) is 3.49. The molecule has 1 fully saturated rings. The highest BCUT2D eigenvalue weighted by atomic mass is 32.1. The molecular formula is C26H27N5S. The van der Waals surface area contributed by atoms with Gasteiger partial charge in [0.1, 0.15) is 0 Å². The number of hydrogen-bond acceptors (Lipinski definition) is 5. The SMILES string of the molecule is CN1CCN(CCCn2cc(-c3cncc(-c4ccsc4)c3)c3cc(C#N)ccc32)CC1. The fourth-order valence-electron chi connectivity index (χ4n) is 4.49. The lowest BCUT2D eigenvalue weighted by Crippen LogP contribution is -2.44. The number of aryl methyl sites for hydroxylation is 1. The normalized spacial score (nSPS) is 15.2. The van der Waals surface area contributed by atoms with Crippen molar-refractivity contribution in [3.05, 3.63) is 65.2 Å². The number of nitrogens with zero attached hydrogens (tertiary/aromatic N) is 5. The van der Waals surface area contributed by atoms with Gasteiger partial charge < -0.3 is 14.4 Å². The van der Waals surface area contributed by atoms with Gasteiger partial charge in [-0.2, -0.15) is 16.6 Å². The summed E-state index contributed by atoms with van der Waals surface area (Å²) >= 11 is 1.69. The fourth-order valence-corrected chi connectivity index (χ4v) is 5.16. The Morgan fingerprint density at radius 1 is 1.00 bits per heavy atom. The molecule has 1 aliphatic heterocycles. The molecule has 0 N–H and O–H groups in total. The third-order valence-electron chi connectivity index (χ3n) is 6.38. The number of fused-ring (bicyclic) bond motifs is 1. The van der Waals surface area contributed by atoms with Gasteiger partial charge in [-0.15, -0.1) is 0 Å². The molecule has 3 aromatic heterocycles. The van der Waals surface area contributed by atoms with Crippen LogP contribution in [-0.2, 0) is 6.54 Å². The van der Waals surface area contributed by atoms with Crippen molar-refractivity contribution in [1.82, 2.24) is 19.4 Å². The molecule has 4 heterocycles. The second-order valence-corrected chi connectivity index (χ2v) is 9.33. The van der Waals surface area contributed by atoms with Gasteiger partial charge in [0.2, 0.25) is 0 Å². The molecular weight excluding hydrogens is 414 g/mol. The van der Waals surface area contributed by atoms with Crippen molar-refractivity contribution in [2.24, 2.45) is 0 Å². The average molecular weight is 442 g/mol. The van der Waals surface area contributed by atoms with Crippen LogP contribution in [0.15, 0.2) is 59.7 Å². The maximum absolute atomic E-state index is 9.46. The molecule has 0 amide bonds. The van der Waals surface area contributed by atoms with Crippen LogP contribution in [0.4, 0.5) is 0 Å². The smallest absolute Gasteiger partial charge is 0.0991 e. The predicted molar refractivity (Wildman–Crippen MR) is 132 cm³/mol. The Hall–Kier alpha value is -2.98. The highest BCUT2D eigenvalue weighted by molar-refractivity contribution is 7.08. The Morgan fingerprint density at radius 3 is 2.62 bits per heavy atom. The number of likely N-dealkylation sites (N-methyl/N-ethyl adjacent to an activating group) is 1. The minimum atomic E-state index is 0.691. The lowest BCUT2D eigenvalue weighted by atomic mass is 10.0. The van der Waals surface area contributed by atoms with Gasteiger partial charge in [-0.05, 0) is 66.7 Å². The molecule has 0 saturated carbocycles. The van der Waals surface area contributed by atoms with Crippen molar-refractivity contribution < 1.29 is 0 Å². The van der Waals surface area contributed by atoms with E-state index in [4.69, 9.17) is 0 Å². The molecule has 0 aliphatic carbocycles. The van der Waals surface area contributed by atoms with E-state index < -0.39 is 0 Å². The van der Waals surface area contributed by atoms with Crippen LogP contribution in [0.25, 0.3) is 33.2 Å². The van der Waals surface area contributed by atoms with Crippen LogP contribution in [-0.4, -0.2) is 59.1 Å². The summed E-state index contributed by atoms with van der Waals surface area (Å²) in [5, 5.41) is 14.8. The summed E-state index contributed by atoms with van der Waals surface area (Å²) in [5.74, 6) is 0. The molecule has 1 aliphatic rings. The molecule has 6 heteroatoms. The molecule has 0 spiro atoms. The van der Waals surface area contributed by atoms with E-state index in [0.29, 0.717) is 5.56 Å². The van der Waals surface area contributed by atoms with E-state index in [1.807, 2.05) is 24.5 Å². The van der Waals surface area contributed by atoms with Crippen molar-refractivity contribution in [2.75, 3.05) is 39.8 Å². The minimum Gasteiger partial charge on any atom is -0.347 e. The largest absolute Gasteiger partial charge is 0.347 e. The van der Waals surface area contributed by atoms with Crippen LogP contribution in [0.3, 0.4) is 0 Å². The van der Waals surface area contributed by atoms with Crippen LogP contribution in [0.2, 0.25) is 0 Å². The predicted octanol–water partition coefficient (Wildman–Crippen LogP) is 4.94. The molecule has 4 aromatic rings. The Morgan fingerprint density at radius 2 is 1.84 bits per heavy atom. The Kier molecular flexibility index (Phi) is 6.04. The van der Waals surface area contributed by atoms with E-state index in [-0.39, 0.29) is 0 Å². The maximum atomic E-state index is 9.46. The zero-order valence-electron chi connectivity index (χ0n) is 18.4. The van der Waals surface area contributed by atoms with Crippen LogP contribution in [0.5, 0.6) is 0 Å². The number of piperazine rings is 1. The number of rotatable bonds is 6. The van der Waals surface area contributed by atoms with E-state index in [1.54, 1.807) is 11.3 Å². The topological polar surface area (TPSA) is 48.1 Å². The van der Waals surface area contributed by atoms with Crippen LogP contribution < -0.4 is 0 Å². The van der Waals surface area contributed by atoms with Gasteiger partial charge in [0.15, 0.2) is 0 Å². The number of pyridine rings is 1. The molecule has 0 atom stereocenters. The molecule has 1 aromatic carbocycles. The van der Waals surface area contributed by atoms with E-state index in [1.165, 1.54) is 11.1 Å². The number of benzene rings is 1. The first kappa shape index (κ1) is 20.9. The highest BCUT2D eigenvalue weighted by Gasteiger charge is 2.15. The number of thiophene rings is 1. The number of hydrogen-bond donors (Lipinski definition) is 0. The first-order chi connectivity index (χ1) is 15.7. The quantitative estimate of drug-likeness (QED) is 0.425. The molecule has 0 unspecified atom stereocenters. The van der Waals surface area contributed by atoms with Gasteiger partial charge in [-0.3, -0.25) is 4.98 Å². The van der Waals surface area contributed by atoms with Gasteiger partial charge in [0.25, 0.3) is 0 Å². The standard InChI is InChI=1S/C26H27N5S/c1-29-8-10-30(11-9-29)6-2-7-31-18-25(24-13-20(15-27)3-4-26(24)31)23-14-22(16-28-17-23)21-5-12-32-19-21/h3-5,12-14,16-19H,2,6-11H2,1H3. The summed E-state index contributed by atoms with van der Waals surface area (Å²) in [5.41, 5.74) is 6.41. The van der Waals surface area contributed by atoms with Crippen LogP contribution >= 0.6 is 11.3 Å². The Labute approximate surface area is 193 Å². The van der Waals surface area contributed by atoms with E-state index in [9.17, 15) is 5.26 Å². The van der Waals surface area contributed by atoms with Crippen molar-refractivity contribution in [3.63, 3.8) is 0 Å². The minimum absolute atomic E-state index is 0.691. The van der Waals surface area contributed by atoms with Gasteiger partial charge in [0.05, 0.1) is 11.6 Å². The summed E-state index contributed by atoms with van der Waals surface area (Å²) in [6.45, 7) is 6.70. The lowest BCUT2D eigenvalue weighted by Gasteiger charge is -2.32. The Balaban J connectivity index is 1.44. The number of aromatic nitrogens is 2. The number of nitriles is 1. The highest BCUT2D eigenvalue weighted by Crippen LogP contribution is 2.33. The van der Waals surface area contributed by atoms with Crippen molar-refractivity contribution in [2.45, 2.75) is 13.0 Å². The summed E-state index contributed by atoms with van der Waals surface area (Å²) in [4.78, 5) is 9.49. The second-order valence-electron chi connectivity index (χ2n) is 8.55. The summed E-state index contributed by atoms with van der Waals surface area (Å²) in [6.07, 6.45) is 7.20. The summed E-state index contributed by atoms with van der Waals surface area (Å²) in [6, 6.07) is 12.6. The van der Waals surface area contributed by atoms with Gasteiger partial charge in [-0.25, -0.2) is 0 Å². The van der Waals surface area contributed by atoms with E-state index in [0.717, 1.165) is 67.8 Å². The lowest BCUT2D eigenvalue weighted by molar-refractivity contribution is 0.151. The molecule has 0 bridgehead atoms. The van der Waals surface area contributed by atoms with E-state index >= 15 is 0 Å². The first-order valence-corrected chi connectivity index (χ1v) is 12.1. The van der Waals surface area contributed by atoms with Crippen molar-refractivity contribution >= 4 is 22.2 Å². The molecule has 0 radical (unpaired) electrons. The van der Waals surface area contributed by atoms with Crippen molar-refractivity contribution in [3.8, 4) is 28.3 Å². The van der Waals surface area contributed by atoms with Gasteiger partial charge in [-0.1, -0.05) is 0 Å². The molecule has 162 valence electrons. The van der Waals surface area contributed by atoms with Crippen molar-refractivity contribution in [1.29, 1.82) is 5.26 Å².